The predicted molar refractivity (Wildman–Crippen MR) is 74.9 cm³/mol. The number of esters is 1. The molecule has 1 atom stereocenters. The van der Waals surface area contributed by atoms with Gasteiger partial charge in [0, 0.05) is 0 Å². The van der Waals surface area contributed by atoms with E-state index in [1.54, 1.807) is 12.1 Å². The van der Waals surface area contributed by atoms with Crippen molar-refractivity contribution in [2.45, 2.75) is 45.6 Å². The Hall–Kier alpha value is -1.84. The van der Waals surface area contributed by atoms with E-state index in [0.717, 1.165) is 25.7 Å². The first-order valence-corrected chi connectivity index (χ1v) is 6.92. The quantitative estimate of drug-likeness (QED) is 0.858. The molecule has 1 fully saturated rings. The number of hydrogen-bond donors (Lipinski definition) is 1. The van der Waals surface area contributed by atoms with Gasteiger partial charge in [-0.1, -0.05) is 26.0 Å². The average Bonchev–Trinajstić information content (AvgIpc) is 2.37. The third-order valence-corrected chi connectivity index (χ3v) is 3.81. The van der Waals surface area contributed by atoms with Gasteiger partial charge in [-0.25, -0.2) is 9.59 Å². The Balaban J connectivity index is 2.11. The van der Waals surface area contributed by atoms with Crippen molar-refractivity contribution < 1.29 is 19.4 Å². The third kappa shape index (κ3) is 3.38. The molecule has 1 aromatic carbocycles. The summed E-state index contributed by atoms with van der Waals surface area (Å²) >= 11 is 0. The Morgan fingerprint density at radius 3 is 2.50 bits per heavy atom. The van der Waals surface area contributed by atoms with Crippen LogP contribution in [0.1, 0.15) is 60.2 Å². The number of benzene rings is 1. The molecule has 1 aliphatic carbocycles. The summed E-state index contributed by atoms with van der Waals surface area (Å²) in [7, 11) is 0. The van der Waals surface area contributed by atoms with Gasteiger partial charge in [0.2, 0.25) is 0 Å². The maximum absolute atomic E-state index is 12.2. The van der Waals surface area contributed by atoms with E-state index in [9.17, 15) is 9.59 Å². The molecule has 4 heteroatoms. The molecule has 0 spiro atoms. The first-order chi connectivity index (χ1) is 9.39. The number of hydrogen-bond acceptors (Lipinski definition) is 3. The summed E-state index contributed by atoms with van der Waals surface area (Å²) in [5.74, 6) is -1.65. The molecule has 20 heavy (non-hydrogen) atoms. The lowest BCUT2D eigenvalue weighted by Crippen LogP contribution is -2.30. The van der Waals surface area contributed by atoms with Gasteiger partial charge in [0.25, 0.3) is 0 Å². The molecule has 0 bridgehead atoms. The molecule has 1 saturated carbocycles. The Kier molecular flexibility index (Phi) is 4.12. The molecule has 1 aromatic rings. The highest BCUT2D eigenvalue weighted by Gasteiger charge is 2.31. The normalized spacial score (nSPS) is 21.2. The molecule has 108 valence electrons. The summed E-state index contributed by atoms with van der Waals surface area (Å²) in [6.45, 7) is 4.33. The molecule has 4 nitrogen and oxygen atoms in total. The minimum Gasteiger partial charge on any atom is -0.478 e. The highest BCUT2D eigenvalue weighted by Crippen LogP contribution is 2.36. The molecule has 0 saturated heterocycles. The fourth-order valence-corrected chi connectivity index (χ4v) is 2.79. The summed E-state index contributed by atoms with van der Waals surface area (Å²) in [4.78, 5) is 23.3. The van der Waals surface area contributed by atoms with Crippen LogP contribution in [0.2, 0.25) is 0 Å². The Bertz CT molecular complexity index is 519. The summed E-state index contributed by atoms with van der Waals surface area (Å²) < 4.78 is 5.50. The first kappa shape index (κ1) is 14.6. The smallest absolute Gasteiger partial charge is 0.339 e. The molecule has 0 heterocycles. The van der Waals surface area contributed by atoms with Crippen LogP contribution in [-0.2, 0) is 4.74 Å². The number of ether oxygens (including phenoxy) is 1. The fourth-order valence-electron chi connectivity index (χ4n) is 2.79. The van der Waals surface area contributed by atoms with Crippen molar-refractivity contribution in [3.05, 3.63) is 35.4 Å². The lowest BCUT2D eigenvalue weighted by atomic mass is 9.76. The van der Waals surface area contributed by atoms with Gasteiger partial charge >= 0.3 is 11.9 Å². The Morgan fingerprint density at radius 1 is 1.25 bits per heavy atom. The summed E-state index contributed by atoms with van der Waals surface area (Å²) in [5, 5.41) is 9.10. The van der Waals surface area contributed by atoms with Gasteiger partial charge in [-0.3, -0.25) is 0 Å². The molecule has 0 radical (unpaired) electrons. The van der Waals surface area contributed by atoms with Crippen LogP contribution in [0, 0.1) is 5.41 Å². The summed E-state index contributed by atoms with van der Waals surface area (Å²) in [6.07, 6.45) is 3.73. The summed E-state index contributed by atoms with van der Waals surface area (Å²) in [6, 6.07) is 6.17. The average molecular weight is 276 g/mol. The Labute approximate surface area is 118 Å². The predicted octanol–water partition coefficient (Wildman–Crippen LogP) is 3.51. The van der Waals surface area contributed by atoms with Crippen molar-refractivity contribution in [1.29, 1.82) is 0 Å². The van der Waals surface area contributed by atoms with Crippen LogP contribution < -0.4 is 0 Å². The molecule has 0 aromatic heterocycles. The SMILES string of the molecule is CC1(C)CCC[C@@H](OC(=O)c2ccccc2C(=O)O)C1. The molecular weight excluding hydrogens is 256 g/mol. The number of carbonyl (C=O) groups excluding carboxylic acids is 1. The number of carboxylic acids is 1. The second kappa shape index (κ2) is 5.65. The second-order valence-corrected chi connectivity index (χ2v) is 6.14. The highest BCUT2D eigenvalue weighted by molar-refractivity contribution is 6.02. The van der Waals surface area contributed by atoms with Crippen molar-refractivity contribution in [2.75, 3.05) is 0 Å². The third-order valence-electron chi connectivity index (χ3n) is 3.81. The molecule has 2 rings (SSSR count). The van der Waals surface area contributed by atoms with Gasteiger partial charge in [-0.15, -0.1) is 0 Å². The van der Waals surface area contributed by atoms with Crippen molar-refractivity contribution in [1.82, 2.24) is 0 Å². The van der Waals surface area contributed by atoms with E-state index >= 15 is 0 Å². The molecular formula is C16H20O4. The second-order valence-electron chi connectivity index (χ2n) is 6.14. The van der Waals surface area contributed by atoms with Gasteiger partial charge in [0.15, 0.2) is 0 Å². The van der Waals surface area contributed by atoms with Crippen LogP contribution in [0.25, 0.3) is 0 Å². The Morgan fingerprint density at radius 2 is 1.90 bits per heavy atom. The van der Waals surface area contributed by atoms with Crippen molar-refractivity contribution in [2.24, 2.45) is 5.41 Å². The van der Waals surface area contributed by atoms with Crippen LogP contribution >= 0.6 is 0 Å². The first-order valence-electron chi connectivity index (χ1n) is 6.92. The number of carbonyl (C=O) groups is 2. The monoisotopic (exact) mass is 276 g/mol. The van der Waals surface area contributed by atoms with E-state index in [-0.39, 0.29) is 22.6 Å². The number of carboxylic acid groups (broad SMARTS) is 1. The van der Waals surface area contributed by atoms with Gasteiger partial charge in [0.1, 0.15) is 6.10 Å². The minimum absolute atomic E-state index is 0.00688. The fraction of sp³-hybridized carbons (Fsp3) is 0.500. The van der Waals surface area contributed by atoms with E-state index < -0.39 is 11.9 Å². The highest BCUT2D eigenvalue weighted by atomic mass is 16.5. The lowest BCUT2D eigenvalue weighted by molar-refractivity contribution is 0.00364. The minimum atomic E-state index is -1.11. The molecule has 1 aliphatic rings. The van der Waals surface area contributed by atoms with Crippen molar-refractivity contribution in [3.8, 4) is 0 Å². The van der Waals surface area contributed by atoms with E-state index in [1.807, 2.05) is 0 Å². The number of aromatic carboxylic acids is 1. The van der Waals surface area contributed by atoms with Crippen LogP contribution in [0.3, 0.4) is 0 Å². The molecule has 1 N–H and O–H groups in total. The largest absolute Gasteiger partial charge is 0.478 e. The molecule has 0 aliphatic heterocycles. The van der Waals surface area contributed by atoms with Crippen molar-refractivity contribution in [3.63, 3.8) is 0 Å². The van der Waals surface area contributed by atoms with E-state index in [1.165, 1.54) is 12.1 Å². The topological polar surface area (TPSA) is 63.6 Å². The van der Waals surface area contributed by atoms with E-state index in [4.69, 9.17) is 9.84 Å². The standard InChI is InChI=1S/C16H20O4/c1-16(2)9-5-6-11(10-16)20-15(19)13-8-4-3-7-12(13)14(17)18/h3-4,7-8,11H,5-6,9-10H2,1-2H3,(H,17,18)/t11-/m1/s1. The van der Waals surface area contributed by atoms with Gasteiger partial charge in [-0.05, 0) is 43.2 Å². The van der Waals surface area contributed by atoms with E-state index in [0.29, 0.717) is 0 Å². The van der Waals surface area contributed by atoms with Crippen molar-refractivity contribution >= 4 is 11.9 Å². The zero-order valence-corrected chi connectivity index (χ0v) is 11.9. The lowest BCUT2D eigenvalue weighted by Gasteiger charge is -2.34. The van der Waals surface area contributed by atoms with Gasteiger partial charge in [0.05, 0.1) is 11.1 Å². The van der Waals surface area contributed by atoms with Gasteiger partial charge in [-0.2, -0.15) is 0 Å². The summed E-state index contributed by atoms with van der Waals surface area (Å²) in [5.41, 5.74) is 0.297. The van der Waals surface area contributed by atoms with E-state index in [2.05, 4.69) is 13.8 Å². The van der Waals surface area contributed by atoms with Crippen LogP contribution in [0.4, 0.5) is 0 Å². The zero-order valence-electron chi connectivity index (χ0n) is 11.9. The van der Waals surface area contributed by atoms with Crippen LogP contribution in [0.5, 0.6) is 0 Å². The zero-order chi connectivity index (χ0) is 14.8. The van der Waals surface area contributed by atoms with Crippen LogP contribution in [-0.4, -0.2) is 23.1 Å². The maximum Gasteiger partial charge on any atom is 0.339 e. The molecule has 0 unspecified atom stereocenters. The van der Waals surface area contributed by atoms with Crippen LogP contribution in [0.15, 0.2) is 24.3 Å². The number of rotatable bonds is 3. The van der Waals surface area contributed by atoms with Gasteiger partial charge < -0.3 is 9.84 Å². The molecule has 0 amide bonds. The maximum atomic E-state index is 12.2.